The van der Waals surface area contributed by atoms with E-state index in [4.69, 9.17) is 0 Å². The molecule has 1 aliphatic carbocycles. The number of nitrogens with zero attached hydrogens (tertiary/aromatic N) is 2. The summed E-state index contributed by atoms with van der Waals surface area (Å²) in [6.07, 6.45) is 0.806. The lowest BCUT2D eigenvalue weighted by atomic mass is 9.89. The van der Waals surface area contributed by atoms with Gasteiger partial charge in [0.05, 0.1) is 5.69 Å². The van der Waals surface area contributed by atoms with E-state index in [1.54, 1.807) is 5.43 Å². The van der Waals surface area contributed by atoms with Gasteiger partial charge < -0.3 is 0 Å². The van der Waals surface area contributed by atoms with Gasteiger partial charge in [-0.25, -0.2) is 23.9 Å². The van der Waals surface area contributed by atoms with Crippen LogP contribution < -0.4 is 11.0 Å². The number of hydrazine groups is 1. The first-order chi connectivity index (χ1) is 10.8. The van der Waals surface area contributed by atoms with Crippen molar-refractivity contribution in [2.24, 2.45) is 0 Å². The molecule has 0 radical (unpaired) electrons. The fourth-order valence-electron chi connectivity index (χ4n) is 2.82. The Bertz CT molecular complexity index is 841. The first kappa shape index (κ1) is 15.1. The van der Waals surface area contributed by atoms with Gasteiger partial charge in [-0.15, -0.1) is 0 Å². The van der Waals surface area contributed by atoms with E-state index in [1.807, 2.05) is 0 Å². The van der Waals surface area contributed by atoms with Gasteiger partial charge in [0, 0.05) is 16.5 Å². The highest BCUT2D eigenvalue weighted by Crippen LogP contribution is 2.54. The lowest BCUT2D eigenvalue weighted by molar-refractivity contribution is -0.446. The van der Waals surface area contributed by atoms with Crippen LogP contribution in [0.4, 0.5) is 14.7 Å². The van der Waals surface area contributed by atoms with Crippen molar-refractivity contribution < 1.29 is 13.8 Å². The van der Waals surface area contributed by atoms with Crippen LogP contribution in [0.25, 0.3) is 0 Å². The van der Waals surface area contributed by atoms with Crippen LogP contribution in [0.3, 0.4) is 0 Å². The molecule has 0 spiro atoms. The Morgan fingerprint density at radius 2 is 1.96 bits per heavy atom. The van der Waals surface area contributed by atoms with Crippen LogP contribution in [0.5, 0.6) is 0 Å². The normalized spacial score (nSPS) is 15.3. The average molecular weight is 322 g/mol. The summed E-state index contributed by atoms with van der Waals surface area (Å²) in [6, 6.07) is 3.52. The zero-order valence-electron chi connectivity index (χ0n) is 12.0. The Morgan fingerprint density at radius 3 is 2.48 bits per heavy atom. The molecular formula is C14H12F2N4O3. The maximum atomic E-state index is 14.1. The zero-order valence-corrected chi connectivity index (χ0v) is 12.0. The fraction of sp³-hybridized carbons (Fsp3) is 0.286. The number of hydrogen-bond donors (Lipinski definition) is 2. The van der Waals surface area contributed by atoms with Crippen LogP contribution in [0.15, 0.2) is 23.0 Å². The lowest BCUT2D eigenvalue weighted by Crippen LogP contribution is -2.26. The van der Waals surface area contributed by atoms with Crippen LogP contribution in [0, 0.1) is 28.7 Å². The van der Waals surface area contributed by atoms with E-state index in [2.05, 4.69) is 9.97 Å². The van der Waals surface area contributed by atoms with E-state index in [9.17, 15) is 23.7 Å². The minimum atomic E-state index is -1.07. The van der Waals surface area contributed by atoms with Crippen LogP contribution in [-0.2, 0) is 5.41 Å². The van der Waals surface area contributed by atoms with E-state index < -0.39 is 27.6 Å². The summed E-state index contributed by atoms with van der Waals surface area (Å²) in [5.74, 6) is -1.83. The molecule has 1 aromatic heterocycles. The first-order valence-electron chi connectivity index (χ1n) is 6.82. The quantitative estimate of drug-likeness (QED) is 0.662. The third-order valence-electron chi connectivity index (χ3n) is 3.99. The van der Waals surface area contributed by atoms with Crippen LogP contribution >= 0.6 is 0 Å². The van der Waals surface area contributed by atoms with Crippen molar-refractivity contribution in [1.29, 1.82) is 0 Å². The fourth-order valence-corrected chi connectivity index (χ4v) is 2.82. The number of hydrogen-bond acceptors (Lipinski definition) is 4. The predicted octanol–water partition coefficient (Wildman–Crippen LogP) is 2.04. The summed E-state index contributed by atoms with van der Waals surface area (Å²) in [4.78, 5) is 28.7. The second-order valence-electron chi connectivity index (χ2n) is 5.44. The molecule has 0 saturated heterocycles. The van der Waals surface area contributed by atoms with Crippen molar-refractivity contribution in [2.75, 3.05) is 5.43 Å². The summed E-state index contributed by atoms with van der Waals surface area (Å²) in [5, 5.41) is 9.66. The van der Waals surface area contributed by atoms with Gasteiger partial charge in [-0.05, 0) is 31.9 Å². The molecule has 1 heterocycles. The summed E-state index contributed by atoms with van der Waals surface area (Å²) >= 11 is 0. The van der Waals surface area contributed by atoms with Crippen molar-refractivity contribution in [1.82, 2.24) is 9.97 Å². The molecule has 0 unspecified atom stereocenters. The van der Waals surface area contributed by atoms with Crippen LogP contribution in [0.1, 0.15) is 29.7 Å². The highest BCUT2D eigenvalue weighted by molar-refractivity contribution is 5.47. The summed E-state index contributed by atoms with van der Waals surface area (Å²) in [7, 11) is 0. The third kappa shape index (κ3) is 2.43. The topological polar surface area (TPSA) is 101 Å². The van der Waals surface area contributed by atoms with Crippen molar-refractivity contribution in [3.63, 3.8) is 0 Å². The van der Waals surface area contributed by atoms with Crippen molar-refractivity contribution in [3.05, 3.63) is 67.1 Å². The average Bonchev–Trinajstić information content (AvgIpc) is 3.23. The van der Waals surface area contributed by atoms with Crippen LogP contribution in [0.2, 0.25) is 0 Å². The van der Waals surface area contributed by atoms with Gasteiger partial charge >= 0.3 is 0 Å². The monoisotopic (exact) mass is 322 g/mol. The van der Waals surface area contributed by atoms with Gasteiger partial charge in [0.15, 0.2) is 5.03 Å². The highest BCUT2D eigenvalue weighted by atomic mass is 19.1. The Hall–Kier alpha value is -2.84. The Balaban J connectivity index is 2.20. The van der Waals surface area contributed by atoms with Crippen LogP contribution in [-0.4, -0.2) is 15.0 Å². The zero-order chi connectivity index (χ0) is 16.8. The Labute approximate surface area is 128 Å². The molecule has 0 atom stereocenters. The molecule has 2 N–H and O–H groups in total. The molecular weight excluding hydrogens is 310 g/mol. The van der Waals surface area contributed by atoms with Gasteiger partial charge in [-0.1, -0.05) is 11.5 Å². The molecule has 3 rings (SSSR count). The number of aromatic amines is 1. The molecule has 9 heteroatoms. The first-order valence-corrected chi connectivity index (χ1v) is 6.82. The SMILES string of the molecule is Cc1c(C2(c3c(F)cccc3F)CC2)nc(N[N+](=O)[O-])[nH]c1=O. The maximum Gasteiger partial charge on any atom is 0.266 e. The van der Waals surface area contributed by atoms with E-state index in [1.165, 1.54) is 13.0 Å². The minimum absolute atomic E-state index is 0.148. The van der Waals surface area contributed by atoms with Crippen molar-refractivity contribution in [3.8, 4) is 0 Å². The van der Waals surface area contributed by atoms with E-state index in [0.29, 0.717) is 12.8 Å². The molecule has 23 heavy (non-hydrogen) atoms. The summed E-state index contributed by atoms with van der Waals surface area (Å²) < 4.78 is 28.3. The molecule has 1 aliphatic rings. The van der Waals surface area contributed by atoms with E-state index in [0.717, 1.165) is 12.1 Å². The summed E-state index contributed by atoms with van der Waals surface area (Å²) in [6.45, 7) is 1.47. The molecule has 1 saturated carbocycles. The van der Waals surface area contributed by atoms with Gasteiger partial charge in [-0.3, -0.25) is 9.78 Å². The highest BCUT2D eigenvalue weighted by Gasteiger charge is 2.52. The smallest absolute Gasteiger partial charge is 0.266 e. The molecule has 0 bridgehead atoms. The van der Waals surface area contributed by atoms with E-state index >= 15 is 0 Å². The summed E-state index contributed by atoms with van der Waals surface area (Å²) in [5.41, 5.74) is 0.267. The second-order valence-corrected chi connectivity index (χ2v) is 5.44. The third-order valence-corrected chi connectivity index (χ3v) is 3.99. The Morgan fingerprint density at radius 1 is 1.35 bits per heavy atom. The van der Waals surface area contributed by atoms with Crippen molar-refractivity contribution >= 4 is 5.95 Å². The number of anilines is 1. The van der Waals surface area contributed by atoms with Crippen molar-refractivity contribution in [2.45, 2.75) is 25.2 Å². The largest absolute Gasteiger partial charge is 0.288 e. The standard InChI is InChI=1S/C14H12F2N4O3/c1-7-11(17-13(18-12(7)21)19-20(22)23)14(5-6-14)10-8(15)3-2-4-9(10)16/h2-4H,5-6H2,1H3,(H2,17,18,19,21). The van der Waals surface area contributed by atoms with Gasteiger partial charge in [-0.2, -0.15) is 0 Å². The number of H-pyrrole nitrogens is 1. The van der Waals surface area contributed by atoms with Gasteiger partial charge in [0.25, 0.3) is 11.5 Å². The molecule has 120 valence electrons. The second kappa shape index (κ2) is 5.11. The molecule has 0 aliphatic heterocycles. The Kier molecular flexibility index (Phi) is 3.35. The number of benzene rings is 1. The number of nitrogens with one attached hydrogen (secondary N) is 2. The van der Waals surface area contributed by atoms with E-state index in [-0.39, 0.29) is 22.8 Å². The number of aromatic nitrogens is 2. The number of nitro groups is 1. The predicted molar refractivity (Wildman–Crippen MR) is 76.6 cm³/mol. The molecule has 1 aromatic carbocycles. The lowest BCUT2D eigenvalue weighted by Gasteiger charge is -2.19. The molecule has 7 nitrogen and oxygen atoms in total. The molecule has 1 fully saturated rings. The number of halogens is 2. The van der Waals surface area contributed by atoms with Gasteiger partial charge in [0.2, 0.25) is 0 Å². The number of rotatable bonds is 4. The molecule has 2 aromatic rings. The molecule has 0 amide bonds. The van der Waals surface area contributed by atoms with Gasteiger partial charge in [0.1, 0.15) is 11.6 Å². The maximum absolute atomic E-state index is 14.1. The minimum Gasteiger partial charge on any atom is -0.288 e.